The molecule has 1 aliphatic heterocycles. The van der Waals surface area contributed by atoms with E-state index in [1.54, 1.807) is 24.3 Å². The summed E-state index contributed by atoms with van der Waals surface area (Å²) in [5.74, 6) is 6.62. The normalized spacial score (nSPS) is 16.1. The highest BCUT2D eigenvalue weighted by Gasteiger charge is 2.14. The van der Waals surface area contributed by atoms with Gasteiger partial charge in [-0.2, -0.15) is 0 Å². The van der Waals surface area contributed by atoms with Crippen molar-refractivity contribution in [3.05, 3.63) is 59.9 Å². The summed E-state index contributed by atoms with van der Waals surface area (Å²) in [4.78, 5) is 2.26. The Morgan fingerprint density at radius 2 is 1.88 bits per heavy atom. The molecular formula is C20H20FNO2. The maximum atomic E-state index is 14.2. The molecule has 2 aromatic rings. The molecule has 0 N–H and O–H groups in total. The van der Waals surface area contributed by atoms with Crippen LogP contribution in [0.1, 0.15) is 12.5 Å². The van der Waals surface area contributed by atoms with Crippen LogP contribution in [-0.4, -0.2) is 37.2 Å². The number of ether oxygens (including phenoxy) is 2. The molecule has 0 aromatic heterocycles. The summed E-state index contributed by atoms with van der Waals surface area (Å²) in [5, 5.41) is 0. The van der Waals surface area contributed by atoms with Crippen LogP contribution in [0.2, 0.25) is 0 Å². The topological polar surface area (TPSA) is 21.7 Å². The van der Waals surface area contributed by atoms with Gasteiger partial charge in [0.25, 0.3) is 0 Å². The van der Waals surface area contributed by atoms with Crippen molar-refractivity contribution in [2.45, 2.75) is 13.0 Å². The molecular weight excluding hydrogens is 305 g/mol. The van der Waals surface area contributed by atoms with Crippen LogP contribution in [0.15, 0.2) is 48.5 Å². The smallest absolute Gasteiger partial charge is 0.166 e. The molecule has 1 fully saturated rings. The molecule has 0 radical (unpaired) electrons. The minimum absolute atomic E-state index is 0.122. The van der Waals surface area contributed by atoms with E-state index in [-0.39, 0.29) is 11.8 Å². The zero-order valence-corrected chi connectivity index (χ0v) is 13.7. The molecule has 2 aromatic carbocycles. The van der Waals surface area contributed by atoms with Crippen LogP contribution in [0.25, 0.3) is 0 Å². The summed E-state index contributed by atoms with van der Waals surface area (Å²) >= 11 is 0. The zero-order chi connectivity index (χ0) is 16.8. The molecule has 4 heteroatoms. The van der Waals surface area contributed by atoms with E-state index in [0.29, 0.717) is 11.3 Å². The molecule has 1 aliphatic rings. The van der Waals surface area contributed by atoms with Gasteiger partial charge in [0.1, 0.15) is 5.75 Å². The molecule has 1 heterocycles. The largest absolute Gasteiger partial charge is 0.454 e. The minimum atomic E-state index is -0.412. The van der Waals surface area contributed by atoms with Crippen molar-refractivity contribution in [1.29, 1.82) is 0 Å². The van der Waals surface area contributed by atoms with Gasteiger partial charge >= 0.3 is 0 Å². The van der Waals surface area contributed by atoms with Crippen molar-refractivity contribution < 1.29 is 13.9 Å². The minimum Gasteiger partial charge on any atom is -0.454 e. The lowest BCUT2D eigenvalue weighted by atomic mass is 10.2. The molecule has 1 saturated heterocycles. The molecule has 0 saturated carbocycles. The third-order valence-corrected chi connectivity index (χ3v) is 3.92. The number of para-hydroxylation sites is 1. The lowest BCUT2D eigenvalue weighted by Gasteiger charge is -2.29. The quantitative estimate of drug-likeness (QED) is 0.804. The van der Waals surface area contributed by atoms with Gasteiger partial charge in [-0.3, -0.25) is 4.90 Å². The first kappa shape index (κ1) is 16.5. The SMILES string of the molecule is CC(C#Cc1ccc(Oc2ccccc2)c(F)c1)N1CCOCC1. The van der Waals surface area contributed by atoms with E-state index in [1.165, 1.54) is 6.07 Å². The van der Waals surface area contributed by atoms with E-state index >= 15 is 0 Å². The molecule has 24 heavy (non-hydrogen) atoms. The number of morpholine rings is 1. The van der Waals surface area contributed by atoms with E-state index in [1.807, 2.05) is 18.2 Å². The van der Waals surface area contributed by atoms with Gasteiger partial charge in [-0.1, -0.05) is 30.0 Å². The maximum Gasteiger partial charge on any atom is 0.166 e. The lowest BCUT2D eigenvalue weighted by molar-refractivity contribution is 0.0302. The van der Waals surface area contributed by atoms with Gasteiger partial charge in [0.05, 0.1) is 19.3 Å². The Labute approximate surface area is 142 Å². The van der Waals surface area contributed by atoms with Crippen LogP contribution in [0.3, 0.4) is 0 Å². The Kier molecular flexibility index (Phi) is 5.47. The number of hydrogen-bond donors (Lipinski definition) is 0. The van der Waals surface area contributed by atoms with E-state index in [0.717, 1.165) is 26.3 Å². The molecule has 0 bridgehead atoms. The lowest BCUT2D eigenvalue weighted by Crippen LogP contribution is -2.41. The summed E-state index contributed by atoms with van der Waals surface area (Å²) in [7, 11) is 0. The van der Waals surface area contributed by atoms with Gasteiger partial charge in [-0.15, -0.1) is 0 Å². The van der Waals surface area contributed by atoms with Gasteiger partial charge in [0, 0.05) is 18.7 Å². The number of halogens is 1. The van der Waals surface area contributed by atoms with Crippen LogP contribution < -0.4 is 4.74 Å². The average Bonchev–Trinajstić information content (AvgIpc) is 2.63. The van der Waals surface area contributed by atoms with Crippen molar-refractivity contribution in [3.8, 4) is 23.3 Å². The molecule has 3 rings (SSSR count). The first-order valence-corrected chi connectivity index (χ1v) is 8.08. The average molecular weight is 325 g/mol. The van der Waals surface area contributed by atoms with Gasteiger partial charge in [-0.25, -0.2) is 4.39 Å². The van der Waals surface area contributed by atoms with Gasteiger partial charge < -0.3 is 9.47 Å². The summed E-state index contributed by atoms with van der Waals surface area (Å²) in [6, 6.07) is 14.1. The van der Waals surface area contributed by atoms with E-state index in [4.69, 9.17) is 9.47 Å². The molecule has 1 unspecified atom stereocenters. The Hall–Kier alpha value is -2.35. The fourth-order valence-electron chi connectivity index (χ4n) is 2.52. The third kappa shape index (κ3) is 4.35. The van der Waals surface area contributed by atoms with Crippen LogP contribution in [0.4, 0.5) is 4.39 Å². The standard InChI is InChI=1S/C20H20FNO2/c1-16(22-11-13-23-14-12-22)7-8-17-9-10-20(19(21)15-17)24-18-5-3-2-4-6-18/h2-6,9-10,15-16H,11-14H2,1H3. The summed E-state index contributed by atoms with van der Waals surface area (Å²) in [6.07, 6.45) is 0. The second-order valence-electron chi connectivity index (χ2n) is 5.65. The number of hydrogen-bond acceptors (Lipinski definition) is 3. The number of nitrogens with zero attached hydrogens (tertiary/aromatic N) is 1. The summed E-state index contributed by atoms with van der Waals surface area (Å²) in [6.45, 7) is 5.31. The second-order valence-corrected chi connectivity index (χ2v) is 5.65. The Balaban J connectivity index is 1.67. The van der Waals surface area contributed by atoms with E-state index in [9.17, 15) is 4.39 Å². The second kappa shape index (κ2) is 7.96. The Bertz CT molecular complexity index is 730. The number of rotatable bonds is 3. The fraction of sp³-hybridized carbons (Fsp3) is 0.300. The zero-order valence-electron chi connectivity index (χ0n) is 13.7. The summed E-state index contributed by atoms with van der Waals surface area (Å²) in [5.41, 5.74) is 0.646. The molecule has 0 spiro atoms. The number of benzene rings is 2. The Morgan fingerprint density at radius 1 is 1.12 bits per heavy atom. The van der Waals surface area contributed by atoms with E-state index < -0.39 is 5.82 Å². The highest BCUT2D eigenvalue weighted by Crippen LogP contribution is 2.24. The predicted octanol–water partition coefficient (Wildman–Crippen LogP) is 3.69. The van der Waals surface area contributed by atoms with E-state index in [2.05, 4.69) is 23.7 Å². The fourth-order valence-corrected chi connectivity index (χ4v) is 2.52. The van der Waals surface area contributed by atoms with Crippen molar-refractivity contribution in [2.24, 2.45) is 0 Å². The molecule has 0 aliphatic carbocycles. The maximum absolute atomic E-state index is 14.2. The molecule has 124 valence electrons. The van der Waals surface area contributed by atoms with Gasteiger partial charge in [0.2, 0.25) is 0 Å². The van der Waals surface area contributed by atoms with Crippen molar-refractivity contribution in [2.75, 3.05) is 26.3 Å². The Morgan fingerprint density at radius 3 is 2.58 bits per heavy atom. The first-order valence-electron chi connectivity index (χ1n) is 8.08. The first-order chi connectivity index (χ1) is 11.7. The highest BCUT2D eigenvalue weighted by molar-refractivity contribution is 5.41. The van der Waals surface area contributed by atoms with Crippen LogP contribution in [-0.2, 0) is 4.74 Å². The molecule has 0 amide bonds. The predicted molar refractivity (Wildman–Crippen MR) is 91.6 cm³/mol. The monoisotopic (exact) mass is 325 g/mol. The molecule has 3 nitrogen and oxygen atoms in total. The van der Waals surface area contributed by atoms with Crippen LogP contribution in [0, 0.1) is 17.7 Å². The summed E-state index contributed by atoms with van der Waals surface area (Å²) < 4.78 is 25.1. The van der Waals surface area contributed by atoms with Gasteiger partial charge in [-0.05, 0) is 37.3 Å². The third-order valence-electron chi connectivity index (χ3n) is 3.92. The van der Waals surface area contributed by atoms with Crippen LogP contribution >= 0.6 is 0 Å². The molecule has 1 atom stereocenters. The van der Waals surface area contributed by atoms with Crippen molar-refractivity contribution in [3.63, 3.8) is 0 Å². The van der Waals surface area contributed by atoms with Crippen LogP contribution in [0.5, 0.6) is 11.5 Å². The van der Waals surface area contributed by atoms with Gasteiger partial charge in [0.15, 0.2) is 11.6 Å². The van der Waals surface area contributed by atoms with Crippen molar-refractivity contribution >= 4 is 0 Å². The van der Waals surface area contributed by atoms with Crippen molar-refractivity contribution in [1.82, 2.24) is 4.90 Å². The highest BCUT2D eigenvalue weighted by atomic mass is 19.1.